The van der Waals surface area contributed by atoms with Crippen molar-refractivity contribution in [2.24, 2.45) is 0 Å². The average molecular weight is 253 g/mol. The van der Waals surface area contributed by atoms with Gasteiger partial charge in [-0.05, 0) is 31.0 Å². The lowest BCUT2D eigenvalue weighted by Crippen LogP contribution is -2.24. The first kappa shape index (κ1) is 12.2. The van der Waals surface area contributed by atoms with E-state index in [0.29, 0.717) is 11.4 Å². The van der Waals surface area contributed by atoms with Crippen LogP contribution in [0.15, 0.2) is 18.2 Å². The Hall–Kier alpha value is -1.22. The van der Waals surface area contributed by atoms with Gasteiger partial charge in [-0.3, -0.25) is 4.79 Å². The highest BCUT2D eigenvalue weighted by Gasteiger charge is 2.12. The van der Waals surface area contributed by atoms with Crippen molar-refractivity contribution < 1.29 is 4.79 Å². The van der Waals surface area contributed by atoms with E-state index in [1.54, 1.807) is 6.07 Å². The van der Waals surface area contributed by atoms with Crippen LogP contribution in [0.5, 0.6) is 0 Å². The van der Waals surface area contributed by atoms with Crippen molar-refractivity contribution in [2.75, 3.05) is 23.3 Å². The molecule has 2 rings (SSSR count). The molecule has 92 valence electrons. The third-order valence-corrected chi connectivity index (χ3v) is 3.42. The quantitative estimate of drug-likeness (QED) is 0.838. The molecule has 1 fully saturated rings. The van der Waals surface area contributed by atoms with Crippen LogP contribution < -0.4 is 10.2 Å². The molecule has 4 heteroatoms. The minimum absolute atomic E-state index is 0.664. The van der Waals surface area contributed by atoms with Gasteiger partial charge >= 0.3 is 0 Å². The van der Waals surface area contributed by atoms with Gasteiger partial charge in [-0.15, -0.1) is 0 Å². The fraction of sp³-hybridized carbons (Fsp3) is 0.462. The third kappa shape index (κ3) is 3.13. The van der Waals surface area contributed by atoms with Crippen LogP contribution >= 0.6 is 11.6 Å². The molecule has 0 radical (unpaired) electrons. The molecule has 1 aromatic rings. The topological polar surface area (TPSA) is 32.3 Å². The molecule has 17 heavy (non-hydrogen) atoms. The standard InChI is InChI=1S/C13H17ClN2O/c14-12-9-11(15-10-17)5-6-13(12)16-7-3-1-2-4-8-16/h5-6,9-10H,1-4,7-8H2,(H,15,17). The number of benzene rings is 1. The van der Waals surface area contributed by atoms with E-state index in [1.165, 1.54) is 25.7 Å². The number of nitrogens with one attached hydrogen (secondary N) is 1. The highest BCUT2D eigenvalue weighted by Crippen LogP contribution is 2.30. The van der Waals surface area contributed by atoms with Gasteiger partial charge in [0.2, 0.25) is 6.41 Å². The van der Waals surface area contributed by atoms with E-state index in [1.807, 2.05) is 12.1 Å². The van der Waals surface area contributed by atoms with E-state index < -0.39 is 0 Å². The van der Waals surface area contributed by atoms with Crippen LogP contribution in [-0.2, 0) is 4.79 Å². The van der Waals surface area contributed by atoms with Gasteiger partial charge < -0.3 is 10.2 Å². The summed E-state index contributed by atoms with van der Waals surface area (Å²) in [6.07, 6.45) is 5.73. The lowest BCUT2D eigenvalue weighted by Gasteiger charge is -2.24. The third-order valence-electron chi connectivity index (χ3n) is 3.12. The van der Waals surface area contributed by atoms with Gasteiger partial charge in [0.15, 0.2) is 0 Å². The first-order valence-corrected chi connectivity index (χ1v) is 6.44. The maximum atomic E-state index is 10.4. The minimum Gasteiger partial charge on any atom is -0.370 e. The van der Waals surface area contributed by atoms with Gasteiger partial charge in [0.25, 0.3) is 0 Å². The number of carbonyl (C=O) groups is 1. The molecule has 1 heterocycles. The average Bonchev–Trinajstić information content (AvgIpc) is 2.58. The summed E-state index contributed by atoms with van der Waals surface area (Å²) in [4.78, 5) is 12.7. The first-order valence-electron chi connectivity index (χ1n) is 6.06. The number of amides is 1. The fourth-order valence-corrected chi connectivity index (χ4v) is 2.53. The Morgan fingerprint density at radius 3 is 2.47 bits per heavy atom. The number of nitrogens with zero attached hydrogens (tertiary/aromatic N) is 1. The van der Waals surface area contributed by atoms with Gasteiger partial charge in [-0.1, -0.05) is 24.4 Å². The van der Waals surface area contributed by atoms with Crippen LogP contribution in [0.1, 0.15) is 25.7 Å². The summed E-state index contributed by atoms with van der Waals surface area (Å²) in [5.74, 6) is 0. The van der Waals surface area contributed by atoms with E-state index in [0.717, 1.165) is 24.5 Å². The SMILES string of the molecule is O=CNc1ccc(N2CCCCCC2)c(Cl)c1. The van der Waals surface area contributed by atoms with Crippen LogP contribution in [-0.4, -0.2) is 19.5 Å². The normalized spacial score (nSPS) is 16.4. The number of carbonyl (C=O) groups excluding carboxylic acids is 1. The predicted molar refractivity (Wildman–Crippen MR) is 71.8 cm³/mol. The number of hydrogen-bond acceptors (Lipinski definition) is 2. The van der Waals surface area contributed by atoms with Gasteiger partial charge in [-0.2, -0.15) is 0 Å². The van der Waals surface area contributed by atoms with Crippen molar-refractivity contribution in [1.82, 2.24) is 0 Å². The second-order valence-electron chi connectivity index (χ2n) is 4.33. The predicted octanol–water partition coefficient (Wildman–Crippen LogP) is 3.29. The largest absolute Gasteiger partial charge is 0.370 e. The molecular formula is C13H17ClN2O. The van der Waals surface area contributed by atoms with E-state index >= 15 is 0 Å². The molecule has 0 aliphatic carbocycles. The zero-order chi connectivity index (χ0) is 12.1. The van der Waals surface area contributed by atoms with Crippen molar-refractivity contribution in [2.45, 2.75) is 25.7 Å². The maximum Gasteiger partial charge on any atom is 0.211 e. The molecule has 0 atom stereocenters. The second kappa shape index (κ2) is 5.92. The molecule has 1 amide bonds. The van der Waals surface area contributed by atoms with E-state index in [4.69, 9.17) is 11.6 Å². The zero-order valence-electron chi connectivity index (χ0n) is 9.79. The van der Waals surface area contributed by atoms with Gasteiger partial charge in [0, 0.05) is 18.8 Å². The Labute approximate surface area is 107 Å². The van der Waals surface area contributed by atoms with Gasteiger partial charge in [0.1, 0.15) is 0 Å². The molecule has 1 aliphatic heterocycles. The van der Waals surface area contributed by atoms with Crippen molar-refractivity contribution in [3.8, 4) is 0 Å². The Morgan fingerprint density at radius 1 is 1.18 bits per heavy atom. The number of rotatable bonds is 3. The van der Waals surface area contributed by atoms with E-state index in [9.17, 15) is 4.79 Å². The van der Waals surface area contributed by atoms with E-state index in [2.05, 4.69) is 10.2 Å². The van der Waals surface area contributed by atoms with Crippen molar-refractivity contribution in [3.05, 3.63) is 23.2 Å². The van der Waals surface area contributed by atoms with Crippen LogP contribution in [0.3, 0.4) is 0 Å². The fourth-order valence-electron chi connectivity index (χ4n) is 2.23. The summed E-state index contributed by atoms with van der Waals surface area (Å²) >= 11 is 6.25. The number of hydrogen-bond donors (Lipinski definition) is 1. The van der Waals surface area contributed by atoms with Crippen molar-refractivity contribution in [1.29, 1.82) is 0 Å². The molecule has 0 aromatic heterocycles. The highest BCUT2D eigenvalue weighted by atomic mass is 35.5. The molecule has 1 N–H and O–H groups in total. The molecule has 0 saturated carbocycles. The molecule has 1 aromatic carbocycles. The maximum absolute atomic E-state index is 10.4. The molecule has 1 saturated heterocycles. The molecule has 3 nitrogen and oxygen atoms in total. The highest BCUT2D eigenvalue weighted by molar-refractivity contribution is 6.33. The minimum atomic E-state index is 0.664. The zero-order valence-corrected chi connectivity index (χ0v) is 10.5. The van der Waals surface area contributed by atoms with Crippen LogP contribution in [0.2, 0.25) is 5.02 Å². The molecular weight excluding hydrogens is 236 g/mol. The van der Waals surface area contributed by atoms with Crippen LogP contribution in [0, 0.1) is 0 Å². The van der Waals surface area contributed by atoms with Crippen LogP contribution in [0.4, 0.5) is 11.4 Å². The Morgan fingerprint density at radius 2 is 1.88 bits per heavy atom. The number of halogens is 1. The summed E-state index contributed by atoms with van der Waals surface area (Å²) in [7, 11) is 0. The van der Waals surface area contributed by atoms with Gasteiger partial charge in [0.05, 0.1) is 10.7 Å². The lowest BCUT2D eigenvalue weighted by atomic mass is 10.2. The number of anilines is 2. The second-order valence-corrected chi connectivity index (χ2v) is 4.74. The summed E-state index contributed by atoms with van der Waals surface area (Å²) in [6.45, 7) is 2.14. The Kier molecular flexibility index (Phi) is 4.26. The smallest absolute Gasteiger partial charge is 0.211 e. The summed E-state index contributed by atoms with van der Waals surface area (Å²) in [6, 6.07) is 5.68. The van der Waals surface area contributed by atoms with Gasteiger partial charge in [-0.25, -0.2) is 0 Å². The molecule has 0 bridgehead atoms. The van der Waals surface area contributed by atoms with Crippen molar-refractivity contribution in [3.63, 3.8) is 0 Å². The van der Waals surface area contributed by atoms with Crippen LogP contribution in [0.25, 0.3) is 0 Å². The Bertz CT molecular complexity index is 387. The molecule has 1 aliphatic rings. The molecule has 0 unspecified atom stereocenters. The summed E-state index contributed by atoms with van der Waals surface area (Å²) in [5, 5.41) is 3.31. The monoisotopic (exact) mass is 252 g/mol. The molecule has 0 spiro atoms. The van der Waals surface area contributed by atoms with Crippen molar-refractivity contribution >= 4 is 29.4 Å². The van der Waals surface area contributed by atoms with E-state index in [-0.39, 0.29) is 0 Å². The first-order chi connectivity index (χ1) is 8.31. The summed E-state index contributed by atoms with van der Waals surface area (Å²) in [5.41, 5.74) is 1.81. The Balaban J connectivity index is 2.16. The lowest BCUT2D eigenvalue weighted by molar-refractivity contribution is -0.105. The summed E-state index contributed by atoms with van der Waals surface area (Å²) < 4.78 is 0.